The van der Waals surface area contributed by atoms with E-state index in [9.17, 15) is 0 Å². The molecular formula is C15H30O. The minimum Gasteiger partial charge on any atom is -0.393 e. The molecule has 0 aromatic heterocycles. The molecule has 0 rings (SSSR count). The molecule has 1 nitrogen and oxygen atoms in total. The molecule has 16 heavy (non-hydrogen) atoms. The summed E-state index contributed by atoms with van der Waals surface area (Å²) < 4.78 is 0. The quantitative estimate of drug-likeness (QED) is 0.394. The minimum atomic E-state index is -0.150. The largest absolute Gasteiger partial charge is 0.393 e. The van der Waals surface area contributed by atoms with Gasteiger partial charge in [0.15, 0.2) is 0 Å². The second-order valence-corrected chi connectivity index (χ2v) is 4.81. The fourth-order valence-corrected chi connectivity index (χ4v) is 1.79. The number of aliphatic hydroxyl groups is 1. The fraction of sp³-hybridized carbons (Fsp3) is 0.867. The smallest absolute Gasteiger partial charge is 0.0515 e. The molecule has 0 radical (unpaired) electrons. The summed E-state index contributed by atoms with van der Waals surface area (Å²) in [6, 6.07) is 0. The third-order valence-electron chi connectivity index (χ3n) is 2.89. The molecule has 1 atom stereocenters. The van der Waals surface area contributed by atoms with Crippen molar-refractivity contribution in [3.8, 4) is 0 Å². The van der Waals surface area contributed by atoms with Gasteiger partial charge in [0.2, 0.25) is 0 Å². The Balaban J connectivity index is 3.03. The van der Waals surface area contributed by atoms with Crippen LogP contribution in [0.25, 0.3) is 0 Å². The van der Waals surface area contributed by atoms with Crippen LogP contribution in [-0.2, 0) is 0 Å². The fourth-order valence-electron chi connectivity index (χ4n) is 1.79. The van der Waals surface area contributed by atoms with Gasteiger partial charge in [-0.25, -0.2) is 0 Å². The molecule has 0 aliphatic heterocycles. The molecule has 1 heteroatoms. The van der Waals surface area contributed by atoms with E-state index >= 15 is 0 Å². The molecule has 1 N–H and O–H groups in total. The SMILES string of the molecule is CCCCCCCCC/C=C/CCC(C)O. The van der Waals surface area contributed by atoms with E-state index in [-0.39, 0.29) is 6.10 Å². The molecule has 0 aromatic carbocycles. The van der Waals surface area contributed by atoms with Crippen LogP contribution in [0.4, 0.5) is 0 Å². The van der Waals surface area contributed by atoms with Crippen LogP contribution in [0.3, 0.4) is 0 Å². The van der Waals surface area contributed by atoms with Gasteiger partial charge in [0.1, 0.15) is 0 Å². The van der Waals surface area contributed by atoms with Gasteiger partial charge in [0.25, 0.3) is 0 Å². The molecule has 0 saturated carbocycles. The van der Waals surface area contributed by atoms with Crippen molar-refractivity contribution >= 4 is 0 Å². The van der Waals surface area contributed by atoms with Gasteiger partial charge < -0.3 is 5.11 Å². The number of rotatable bonds is 11. The molecule has 0 spiro atoms. The summed E-state index contributed by atoms with van der Waals surface area (Å²) in [5.41, 5.74) is 0. The Morgan fingerprint density at radius 2 is 1.44 bits per heavy atom. The maximum atomic E-state index is 9.06. The van der Waals surface area contributed by atoms with Gasteiger partial charge >= 0.3 is 0 Å². The van der Waals surface area contributed by atoms with Crippen LogP contribution in [0.1, 0.15) is 78.1 Å². The third-order valence-corrected chi connectivity index (χ3v) is 2.89. The van der Waals surface area contributed by atoms with E-state index in [1.165, 1.54) is 51.4 Å². The van der Waals surface area contributed by atoms with Crippen LogP contribution in [0.2, 0.25) is 0 Å². The van der Waals surface area contributed by atoms with E-state index in [0.29, 0.717) is 0 Å². The summed E-state index contributed by atoms with van der Waals surface area (Å²) in [5.74, 6) is 0. The predicted molar refractivity (Wildman–Crippen MR) is 72.7 cm³/mol. The summed E-state index contributed by atoms with van der Waals surface area (Å²) in [5, 5.41) is 9.06. The maximum Gasteiger partial charge on any atom is 0.0515 e. The zero-order chi connectivity index (χ0) is 12.1. The second-order valence-electron chi connectivity index (χ2n) is 4.81. The van der Waals surface area contributed by atoms with Crippen molar-refractivity contribution in [3.63, 3.8) is 0 Å². The summed E-state index contributed by atoms with van der Waals surface area (Å²) >= 11 is 0. The highest BCUT2D eigenvalue weighted by Gasteiger charge is 1.91. The van der Waals surface area contributed by atoms with Crippen molar-refractivity contribution < 1.29 is 5.11 Å². The van der Waals surface area contributed by atoms with Crippen molar-refractivity contribution in [2.45, 2.75) is 84.2 Å². The van der Waals surface area contributed by atoms with Crippen molar-refractivity contribution in [1.82, 2.24) is 0 Å². The lowest BCUT2D eigenvalue weighted by Crippen LogP contribution is -1.96. The van der Waals surface area contributed by atoms with Crippen LogP contribution >= 0.6 is 0 Å². The van der Waals surface area contributed by atoms with Gasteiger partial charge in [0.05, 0.1) is 6.10 Å². The Morgan fingerprint density at radius 1 is 0.875 bits per heavy atom. The van der Waals surface area contributed by atoms with Crippen LogP contribution in [0, 0.1) is 0 Å². The molecule has 0 bridgehead atoms. The molecule has 0 fully saturated rings. The summed E-state index contributed by atoms with van der Waals surface area (Å²) in [6.45, 7) is 4.11. The molecular weight excluding hydrogens is 196 g/mol. The highest BCUT2D eigenvalue weighted by Crippen LogP contribution is 2.08. The maximum absolute atomic E-state index is 9.06. The van der Waals surface area contributed by atoms with E-state index in [2.05, 4.69) is 19.1 Å². The van der Waals surface area contributed by atoms with E-state index < -0.39 is 0 Å². The normalized spacial score (nSPS) is 13.4. The van der Waals surface area contributed by atoms with Gasteiger partial charge in [-0.15, -0.1) is 0 Å². The second kappa shape index (κ2) is 12.8. The Labute approximate surface area is 102 Å². The standard InChI is InChI=1S/C15H30O/c1-3-4-5-6-7-8-9-10-11-12-13-14-15(2)16/h11-12,15-16H,3-10,13-14H2,1-2H3/b12-11+. The van der Waals surface area contributed by atoms with Gasteiger partial charge in [0, 0.05) is 0 Å². The molecule has 1 unspecified atom stereocenters. The average molecular weight is 226 g/mol. The van der Waals surface area contributed by atoms with Crippen molar-refractivity contribution in [1.29, 1.82) is 0 Å². The van der Waals surface area contributed by atoms with Crippen LogP contribution in [-0.4, -0.2) is 11.2 Å². The highest BCUT2D eigenvalue weighted by molar-refractivity contribution is 4.81. The van der Waals surface area contributed by atoms with Crippen molar-refractivity contribution in [3.05, 3.63) is 12.2 Å². The zero-order valence-corrected chi connectivity index (χ0v) is 11.3. The van der Waals surface area contributed by atoms with Crippen LogP contribution in [0.5, 0.6) is 0 Å². The first-order chi connectivity index (χ1) is 7.77. The lowest BCUT2D eigenvalue weighted by molar-refractivity contribution is 0.186. The van der Waals surface area contributed by atoms with E-state index in [1.54, 1.807) is 0 Å². The summed E-state index contributed by atoms with van der Waals surface area (Å²) in [6.07, 6.45) is 17.2. The van der Waals surface area contributed by atoms with Gasteiger partial charge in [-0.1, -0.05) is 57.6 Å². The molecule has 0 aliphatic rings. The Morgan fingerprint density at radius 3 is 2.06 bits per heavy atom. The van der Waals surface area contributed by atoms with Crippen molar-refractivity contribution in [2.24, 2.45) is 0 Å². The number of hydrogen-bond donors (Lipinski definition) is 1. The average Bonchev–Trinajstić information content (AvgIpc) is 2.25. The Kier molecular flexibility index (Phi) is 12.5. The van der Waals surface area contributed by atoms with Crippen molar-refractivity contribution in [2.75, 3.05) is 0 Å². The van der Waals surface area contributed by atoms with Gasteiger partial charge in [-0.05, 0) is 32.6 Å². The summed E-state index contributed by atoms with van der Waals surface area (Å²) in [7, 11) is 0. The molecule has 0 saturated heterocycles. The van der Waals surface area contributed by atoms with Crippen LogP contribution in [0.15, 0.2) is 12.2 Å². The molecule has 96 valence electrons. The molecule has 0 heterocycles. The number of aliphatic hydroxyl groups excluding tert-OH is 1. The third kappa shape index (κ3) is 13.7. The lowest BCUT2D eigenvalue weighted by Gasteiger charge is -2.00. The zero-order valence-electron chi connectivity index (χ0n) is 11.3. The van der Waals surface area contributed by atoms with Gasteiger partial charge in [-0.3, -0.25) is 0 Å². The first-order valence-corrected chi connectivity index (χ1v) is 7.10. The Bertz CT molecular complexity index is 150. The number of unbranched alkanes of at least 4 members (excludes halogenated alkanes) is 7. The first-order valence-electron chi connectivity index (χ1n) is 7.10. The lowest BCUT2D eigenvalue weighted by atomic mass is 10.1. The van der Waals surface area contributed by atoms with Gasteiger partial charge in [-0.2, -0.15) is 0 Å². The minimum absolute atomic E-state index is 0.150. The first kappa shape index (κ1) is 15.7. The van der Waals surface area contributed by atoms with E-state index in [4.69, 9.17) is 5.11 Å². The van der Waals surface area contributed by atoms with Crippen LogP contribution < -0.4 is 0 Å². The Hall–Kier alpha value is -0.300. The number of hydrogen-bond acceptors (Lipinski definition) is 1. The number of allylic oxidation sites excluding steroid dienone is 2. The van der Waals surface area contributed by atoms with E-state index in [0.717, 1.165) is 12.8 Å². The molecule has 0 amide bonds. The topological polar surface area (TPSA) is 20.2 Å². The molecule has 0 aliphatic carbocycles. The predicted octanol–water partition coefficient (Wildman–Crippen LogP) is 4.84. The van der Waals surface area contributed by atoms with E-state index in [1.807, 2.05) is 6.92 Å². The highest BCUT2D eigenvalue weighted by atomic mass is 16.3. The monoisotopic (exact) mass is 226 g/mol. The summed E-state index contributed by atoms with van der Waals surface area (Å²) in [4.78, 5) is 0. The molecule has 0 aromatic rings.